The molecule has 0 saturated carbocycles. The van der Waals surface area contributed by atoms with E-state index in [1.54, 1.807) is 24.3 Å². The van der Waals surface area contributed by atoms with Crippen LogP contribution in [0.4, 0.5) is 26.3 Å². The second kappa shape index (κ2) is 28.8. The Morgan fingerprint density at radius 2 is 0.867 bits per heavy atom. The SMILES string of the molecule is O=C(C=Cc1ccc(OC(=O)c2ccc(OCCCC(F)(F)F)cc2)cc1)OCC(COC(=O)C=Cc1ccc(OC(=O)c2ccc(OCCCC(F)(F)F)cc2)cc1)(COC1CCCCO1)COC1CCCCO1. The van der Waals surface area contributed by atoms with Gasteiger partial charge in [0.05, 0.1) is 43.0 Å². The average molecular weight is 1060 g/mol. The van der Waals surface area contributed by atoms with Gasteiger partial charge in [-0.1, -0.05) is 24.3 Å². The van der Waals surface area contributed by atoms with E-state index < -0.39 is 67.1 Å². The molecular weight excluding hydrogens is 999 g/mol. The molecule has 0 radical (unpaired) electrons. The highest BCUT2D eigenvalue weighted by atomic mass is 19.4. The maximum absolute atomic E-state index is 13.3. The number of benzene rings is 4. The summed E-state index contributed by atoms with van der Waals surface area (Å²) < 4.78 is 131. The van der Waals surface area contributed by atoms with E-state index in [0.29, 0.717) is 48.7 Å². The van der Waals surface area contributed by atoms with E-state index in [1.807, 2.05) is 0 Å². The second-order valence-electron chi connectivity index (χ2n) is 17.7. The lowest BCUT2D eigenvalue weighted by Gasteiger charge is -2.35. The Kier molecular flexibility index (Phi) is 22.1. The highest BCUT2D eigenvalue weighted by molar-refractivity contribution is 5.92. The van der Waals surface area contributed by atoms with Crippen LogP contribution in [0.3, 0.4) is 0 Å². The number of hydrogen-bond acceptors (Lipinski definition) is 14. The fraction of sp³-hybridized carbons (Fsp3) is 0.418. The maximum atomic E-state index is 13.3. The Morgan fingerprint density at radius 1 is 0.493 bits per heavy atom. The second-order valence-corrected chi connectivity index (χ2v) is 17.7. The van der Waals surface area contributed by atoms with Gasteiger partial charge in [-0.3, -0.25) is 0 Å². The fourth-order valence-electron chi connectivity index (χ4n) is 7.27. The Labute approximate surface area is 429 Å². The van der Waals surface area contributed by atoms with Gasteiger partial charge in [-0.2, -0.15) is 26.3 Å². The van der Waals surface area contributed by atoms with Crippen LogP contribution in [0.25, 0.3) is 12.2 Å². The van der Waals surface area contributed by atoms with Crippen molar-refractivity contribution in [1.82, 2.24) is 0 Å². The summed E-state index contributed by atoms with van der Waals surface area (Å²) in [7, 11) is 0. The van der Waals surface area contributed by atoms with Crippen molar-refractivity contribution in [3.8, 4) is 23.0 Å². The zero-order valence-corrected chi connectivity index (χ0v) is 40.9. The third-order valence-electron chi connectivity index (χ3n) is 11.4. The summed E-state index contributed by atoms with van der Waals surface area (Å²) in [6.45, 7) is 0.00124. The first kappa shape index (κ1) is 57.5. The lowest BCUT2D eigenvalue weighted by molar-refractivity contribution is -0.222. The molecule has 2 fully saturated rings. The number of halogens is 6. The summed E-state index contributed by atoms with van der Waals surface area (Å²) in [5.74, 6) is -1.77. The van der Waals surface area contributed by atoms with E-state index >= 15 is 0 Å². The molecule has 4 aromatic carbocycles. The van der Waals surface area contributed by atoms with E-state index in [-0.39, 0.29) is 75.1 Å². The molecule has 0 aliphatic carbocycles. The Hall–Kier alpha value is -6.74. The summed E-state index contributed by atoms with van der Waals surface area (Å²) in [4.78, 5) is 52.0. The molecule has 404 valence electrons. The molecule has 2 heterocycles. The maximum Gasteiger partial charge on any atom is 0.389 e. The molecule has 0 bridgehead atoms. The number of carbonyl (C=O) groups excluding carboxylic acids is 4. The van der Waals surface area contributed by atoms with Crippen molar-refractivity contribution in [2.45, 2.75) is 89.1 Å². The van der Waals surface area contributed by atoms with Crippen molar-refractivity contribution in [3.05, 3.63) is 131 Å². The number of hydrogen-bond donors (Lipinski definition) is 0. The van der Waals surface area contributed by atoms with Crippen LogP contribution in [0, 0.1) is 5.41 Å². The molecule has 2 aliphatic rings. The normalized spacial score (nSPS) is 17.0. The highest BCUT2D eigenvalue weighted by Gasteiger charge is 2.38. The molecule has 4 aromatic rings. The van der Waals surface area contributed by atoms with Gasteiger partial charge in [0.2, 0.25) is 0 Å². The van der Waals surface area contributed by atoms with E-state index in [1.165, 1.54) is 97.1 Å². The minimum atomic E-state index is -4.27. The van der Waals surface area contributed by atoms with Crippen molar-refractivity contribution in [1.29, 1.82) is 0 Å². The lowest BCUT2D eigenvalue weighted by Crippen LogP contribution is -2.45. The van der Waals surface area contributed by atoms with Crippen LogP contribution in [0.2, 0.25) is 0 Å². The molecule has 0 N–H and O–H groups in total. The lowest BCUT2D eigenvalue weighted by atomic mass is 9.92. The zero-order chi connectivity index (χ0) is 53.5. The standard InChI is InChI=1S/C55H58F6O14/c56-54(57,58)29-5-33-66-43-23-15-41(16-24-43)51(64)74-45-19-9-39(10-20-45)13-27-47(62)70-35-53(37-72-49-7-1-3-31-68-49,38-73-50-8-2-4-32-69-50)36-71-48(63)28-14-40-11-21-46(22-12-40)75-52(65)42-17-25-44(26-18-42)67-34-6-30-55(59,60)61/h9-28,49-50H,1-8,29-38H2. The van der Waals surface area contributed by atoms with Crippen LogP contribution in [0.15, 0.2) is 109 Å². The summed E-state index contributed by atoms with van der Waals surface area (Å²) in [6, 6.07) is 24.1. The van der Waals surface area contributed by atoms with Crippen LogP contribution in [0.1, 0.15) is 96.1 Å². The smallest absolute Gasteiger partial charge is 0.389 e. The van der Waals surface area contributed by atoms with Crippen molar-refractivity contribution in [2.24, 2.45) is 5.41 Å². The number of ether oxygens (including phenoxy) is 10. The monoisotopic (exact) mass is 1060 g/mol. The van der Waals surface area contributed by atoms with Gasteiger partial charge in [-0.25, -0.2) is 19.2 Å². The number of alkyl halides is 6. The van der Waals surface area contributed by atoms with Crippen molar-refractivity contribution in [3.63, 3.8) is 0 Å². The largest absolute Gasteiger partial charge is 0.494 e. The van der Waals surface area contributed by atoms with E-state index in [2.05, 4.69) is 0 Å². The highest BCUT2D eigenvalue weighted by Crippen LogP contribution is 2.28. The predicted molar refractivity (Wildman–Crippen MR) is 259 cm³/mol. The number of esters is 4. The van der Waals surface area contributed by atoms with Gasteiger partial charge >= 0.3 is 36.2 Å². The molecular formula is C55H58F6O14. The molecule has 0 amide bonds. The van der Waals surface area contributed by atoms with Crippen LogP contribution >= 0.6 is 0 Å². The molecule has 0 spiro atoms. The topological polar surface area (TPSA) is 161 Å². The molecule has 2 unspecified atom stereocenters. The van der Waals surface area contributed by atoms with Crippen molar-refractivity contribution >= 4 is 36.0 Å². The van der Waals surface area contributed by atoms with Crippen molar-refractivity contribution in [2.75, 3.05) is 52.9 Å². The van der Waals surface area contributed by atoms with Gasteiger partial charge in [0, 0.05) is 38.2 Å². The Morgan fingerprint density at radius 3 is 1.21 bits per heavy atom. The van der Waals surface area contributed by atoms with Gasteiger partial charge in [0.25, 0.3) is 0 Å². The Bertz CT molecular complexity index is 2290. The Balaban J connectivity index is 1.03. The molecule has 6 rings (SSSR count). The molecule has 0 aromatic heterocycles. The first-order valence-corrected chi connectivity index (χ1v) is 24.4. The summed E-state index contributed by atoms with van der Waals surface area (Å²) in [6.07, 6.45) is -1.74. The molecule has 2 aliphatic heterocycles. The van der Waals surface area contributed by atoms with Crippen LogP contribution < -0.4 is 18.9 Å². The minimum Gasteiger partial charge on any atom is -0.494 e. The van der Waals surface area contributed by atoms with Crippen LogP contribution in [-0.2, 0) is 38.0 Å². The number of rotatable bonds is 26. The molecule has 20 heteroatoms. The van der Waals surface area contributed by atoms with Crippen LogP contribution in [0.5, 0.6) is 23.0 Å². The summed E-state index contributed by atoms with van der Waals surface area (Å²) in [5.41, 5.74) is 0.287. The molecule has 2 saturated heterocycles. The van der Waals surface area contributed by atoms with E-state index in [4.69, 9.17) is 47.4 Å². The van der Waals surface area contributed by atoms with E-state index in [0.717, 1.165) is 25.7 Å². The van der Waals surface area contributed by atoms with Crippen molar-refractivity contribution < 1.29 is 92.9 Å². The van der Waals surface area contributed by atoms with Gasteiger partial charge in [-0.15, -0.1) is 0 Å². The third kappa shape index (κ3) is 21.6. The quantitative estimate of drug-likeness (QED) is 0.0192. The first-order valence-electron chi connectivity index (χ1n) is 24.4. The predicted octanol–water partition coefficient (Wildman–Crippen LogP) is 11.5. The summed E-state index contributed by atoms with van der Waals surface area (Å²) >= 11 is 0. The fourth-order valence-corrected chi connectivity index (χ4v) is 7.27. The minimum absolute atomic E-state index is 0.0781. The van der Waals surface area contributed by atoms with Gasteiger partial charge in [0.1, 0.15) is 36.2 Å². The van der Waals surface area contributed by atoms with Gasteiger partial charge < -0.3 is 47.4 Å². The van der Waals surface area contributed by atoms with E-state index in [9.17, 15) is 45.5 Å². The van der Waals surface area contributed by atoms with Gasteiger partial charge in [-0.05, 0) is 147 Å². The molecule has 14 nitrogen and oxygen atoms in total. The molecule has 2 atom stereocenters. The van der Waals surface area contributed by atoms with Crippen LogP contribution in [-0.4, -0.2) is 102 Å². The summed E-state index contributed by atoms with van der Waals surface area (Å²) in [5, 5.41) is 0. The first-order chi connectivity index (χ1) is 36.0. The number of carbonyl (C=O) groups is 4. The zero-order valence-electron chi connectivity index (χ0n) is 40.9. The van der Waals surface area contributed by atoms with Gasteiger partial charge in [0.15, 0.2) is 12.6 Å². The average Bonchev–Trinajstić information content (AvgIpc) is 3.40. The third-order valence-corrected chi connectivity index (χ3v) is 11.4. The molecule has 75 heavy (non-hydrogen) atoms.